The van der Waals surface area contributed by atoms with E-state index in [9.17, 15) is 0 Å². The van der Waals surface area contributed by atoms with Gasteiger partial charge in [-0.2, -0.15) is 0 Å². The second-order valence-electron chi connectivity index (χ2n) is 13.6. The maximum Gasteiger partial charge on any atom is 0.192 e. The molecular weight excluding hydrogens is 497 g/mol. The van der Waals surface area contributed by atoms with E-state index in [2.05, 4.69) is 123 Å². The van der Waals surface area contributed by atoms with Crippen molar-refractivity contribution in [3.05, 3.63) is 76.4 Å². The number of benzene rings is 2. The zero-order valence-electron chi connectivity index (χ0n) is 26.0. The third kappa shape index (κ3) is 8.81. The van der Waals surface area contributed by atoms with Gasteiger partial charge in [0.15, 0.2) is 16.6 Å². The Morgan fingerprint density at radius 1 is 0.789 bits per heavy atom. The molecule has 0 atom stereocenters. The molecule has 0 aliphatic heterocycles. The number of allylic oxidation sites excluding steroid dienone is 2. The van der Waals surface area contributed by atoms with E-state index in [4.69, 9.17) is 15.3 Å². The van der Waals surface area contributed by atoms with Crippen molar-refractivity contribution in [3.63, 3.8) is 0 Å². The molecule has 0 spiro atoms. The fraction of sp³-hybridized carbons (Fsp3) is 0.529. The lowest BCUT2D eigenvalue weighted by Gasteiger charge is -2.37. The summed E-state index contributed by atoms with van der Waals surface area (Å²) < 4.78 is 13.3. The van der Waals surface area contributed by atoms with Crippen LogP contribution in [0.5, 0.6) is 0 Å². The zero-order valence-corrected chi connectivity index (χ0v) is 28.0. The first-order valence-electron chi connectivity index (χ1n) is 14.1. The normalized spacial score (nSPS) is 13.5. The van der Waals surface area contributed by atoms with Gasteiger partial charge in [0.2, 0.25) is 0 Å². The first-order valence-corrected chi connectivity index (χ1v) is 20.0. The van der Waals surface area contributed by atoms with Crippen molar-refractivity contribution in [2.24, 2.45) is 0 Å². The summed E-state index contributed by atoms with van der Waals surface area (Å²) in [5, 5.41) is 0.366. The van der Waals surface area contributed by atoms with Crippen LogP contribution in [0.2, 0.25) is 36.3 Å². The Labute approximate surface area is 236 Å². The Balaban J connectivity index is 2.28. The minimum Gasteiger partial charge on any atom is -0.413 e. The van der Waals surface area contributed by atoms with Crippen LogP contribution in [0, 0.1) is 12.3 Å². The largest absolute Gasteiger partial charge is 0.413 e. The summed E-state index contributed by atoms with van der Waals surface area (Å²) in [6.45, 7) is 26.5. The van der Waals surface area contributed by atoms with Crippen LogP contribution in [-0.2, 0) is 34.9 Å². The summed E-state index contributed by atoms with van der Waals surface area (Å²) in [7, 11) is -3.71. The van der Waals surface area contributed by atoms with Gasteiger partial charge < -0.3 is 8.85 Å². The third-order valence-corrected chi connectivity index (χ3v) is 17.7. The molecule has 0 unspecified atom stereocenters. The highest BCUT2D eigenvalue weighted by atomic mass is 28.4. The van der Waals surface area contributed by atoms with E-state index in [0.29, 0.717) is 13.2 Å². The van der Waals surface area contributed by atoms with Gasteiger partial charge in [0.25, 0.3) is 0 Å². The van der Waals surface area contributed by atoms with Crippen molar-refractivity contribution in [1.82, 2.24) is 0 Å². The molecule has 2 rings (SSSR count). The molecule has 0 N–H and O–H groups in total. The summed E-state index contributed by atoms with van der Waals surface area (Å²) in [5.41, 5.74) is 7.64. The molecule has 208 valence electrons. The zero-order chi connectivity index (χ0) is 28.8. The van der Waals surface area contributed by atoms with Crippen LogP contribution in [0.1, 0.15) is 82.7 Å². The Morgan fingerprint density at radius 2 is 1.32 bits per heavy atom. The Bertz CT molecular complexity index is 1140. The topological polar surface area (TPSA) is 18.5 Å². The molecule has 0 saturated heterocycles. The Hall–Kier alpha value is -1.91. The third-order valence-electron chi connectivity index (χ3n) is 8.70. The molecule has 38 heavy (non-hydrogen) atoms. The van der Waals surface area contributed by atoms with Gasteiger partial charge >= 0.3 is 0 Å². The minimum absolute atomic E-state index is 0.179. The minimum atomic E-state index is -1.87. The predicted octanol–water partition coefficient (Wildman–Crippen LogP) is 9.94. The fourth-order valence-electron chi connectivity index (χ4n) is 3.76. The maximum absolute atomic E-state index is 6.69. The van der Waals surface area contributed by atoms with Crippen molar-refractivity contribution in [2.45, 2.75) is 117 Å². The van der Waals surface area contributed by atoms with Crippen LogP contribution in [0.15, 0.2) is 48.5 Å². The van der Waals surface area contributed by atoms with E-state index < -0.39 is 16.6 Å². The summed E-state index contributed by atoms with van der Waals surface area (Å²) in [4.78, 5) is 0. The lowest BCUT2D eigenvalue weighted by Crippen LogP contribution is -2.41. The smallest absolute Gasteiger partial charge is 0.192 e. The quantitative estimate of drug-likeness (QED) is 0.205. The summed E-state index contributed by atoms with van der Waals surface area (Å²) >= 11 is 0. The van der Waals surface area contributed by atoms with Crippen LogP contribution in [0.25, 0.3) is 5.57 Å². The lowest BCUT2D eigenvalue weighted by atomic mass is 9.96. The van der Waals surface area contributed by atoms with Crippen molar-refractivity contribution in [1.29, 1.82) is 0 Å². The second kappa shape index (κ2) is 13.0. The standard InChI is InChI=1S/C34H52O2Si2/c1-13-16-29(14-2)30-18-15-17-27(23-30)19-20-28-21-22-31(25-35-37(9,10)33(3,4)5)32(24-28)26-36-38(11,12)34(6,7)8/h1,15-18,21-24H,14,19-20,25-26H2,2-12H3/b29-16+. The van der Waals surface area contributed by atoms with Crippen LogP contribution < -0.4 is 0 Å². The average molecular weight is 549 g/mol. The van der Waals surface area contributed by atoms with Crippen LogP contribution >= 0.6 is 0 Å². The first kappa shape index (κ1) is 32.3. The lowest BCUT2D eigenvalue weighted by molar-refractivity contribution is 0.257. The molecule has 0 fully saturated rings. The van der Waals surface area contributed by atoms with E-state index >= 15 is 0 Å². The van der Waals surface area contributed by atoms with E-state index in [1.807, 2.05) is 6.08 Å². The van der Waals surface area contributed by atoms with Gasteiger partial charge in [-0.25, -0.2) is 0 Å². The predicted molar refractivity (Wildman–Crippen MR) is 171 cm³/mol. The monoisotopic (exact) mass is 548 g/mol. The number of terminal acetylenes is 1. The Morgan fingerprint density at radius 3 is 1.82 bits per heavy atom. The second-order valence-corrected chi connectivity index (χ2v) is 23.2. The van der Waals surface area contributed by atoms with Gasteiger partial charge in [-0.05, 0) is 95.0 Å². The highest BCUT2D eigenvalue weighted by molar-refractivity contribution is 6.74. The van der Waals surface area contributed by atoms with Gasteiger partial charge in [0.1, 0.15) is 0 Å². The molecule has 0 aliphatic carbocycles. The molecule has 0 radical (unpaired) electrons. The van der Waals surface area contributed by atoms with Crippen molar-refractivity contribution < 1.29 is 8.85 Å². The number of hydrogen-bond acceptors (Lipinski definition) is 2. The van der Waals surface area contributed by atoms with Gasteiger partial charge in [-0.1, -0.05) is 96.9 Å². The fourth-order valence-corrected chi connectivity index (χ4v) is 5.66. The van der Waals surface area contributed by atoms with Gasteiger partial charge in [0.05, 0.1) is 13.2 Å². The van der Waals surface area contributed by atoms with E-state index in [-0.39, 0.29) is 10.1 Å². The van der Waals surface area contributed by atoms with Crippen LogP contribution in [0.3, 0.4) is 0 Å². The highest BCUT2D eigenvalue weighted by Gasteiger charge is 2.38. The number of hydrogen-bond donors (Lipinski definition) is 0. The van der Waals surface area contributed by atoms with Crippen LogP contribution in [0.4, 0.5) is 0 Å². The SMILES string of the molecule is C#C/C=C(\CC)c1cccc(CCc2ccc(CO[Si](C)(C)C(C)(C)C)c(CO[Si](C)(C)C(C)(C)C)c2)c1. The summed E-state index contributed by atoms with van der Waals surface area (Å²) in [6.07, 6.45) is 10.3. The van der Waals surface area contributed by atoms with E-state index in [0.717, 1.165) is 19.3 Å². The molecule has 0 amide bonds. The number of aryl methyl sites for hydroxylation is 2. The van der Waals surface area contributed by atoms with Gasteiger partial charge in [0, 0.05) is 0 Å². The summed E-state index contributed by atoms with van der Waals surface area (Å²) in [5.74, 6) is 2.69. The van der Waals surface area contributed by atoms with Gasteiger partial charge in [-0.3, -0.25) is 0 Å². The van der Waals surface area contributed by atoms with Crippen molar-refractivity contribution in [3.8, 4) is 12.3 Å². The first-order chi connectivity index (χ1) is 17.5. The molecule has 0 aromatic heterocycles. The maximum atomic E-state index is 6.69. The van der Waals surface area contributed by atoms with Gasteiger partial charge in [-0.15, -0.1) is 6.42 Å². The molecule has 0 bridgehead atoms. The van der Waals surface area contributed by atoms with Crippen LogP contribution in [-0.4, -0.2) is 16.6 Å². The van der Waals surface area contributed by atoms with E-state index in [1.54, 1.807) is 0 Å². The van der Waals surface area contributed by atoms with Crippen molar-refractivity contribution >= 4 is 22.2 Å². The molecule has 0 aliphatic rings. The molecule has 2 nitrogen and oxygen atoms in total. The molecule has 4 heteroatoms. The molecule has 2 aromatic rings. The molecule has 2 aromatic carbocycles. The summed E-state index contributed by atoms with van der Waals surface area (Å²) in [6, 6.07) is 15.7. The molecule has 0 saturated carbocycles. The van der Waals surface area contributed by atoms with E-state index in [1.165, 1.54) is 33.4 Å². The van der Waals surface area contributed by atoms with Crippen molar-refractivity contribution in [2.75, 3.05) is 0 Å². The highest BCUT2D eigenvalue weighted by Crippen LogP contribution is 2.39. The molecular formula is C34H52O2Si2. The number of rotatable bonds is 11. The average Bonchev–Trinajstić information content (AvgIpc) is 2.82. The molecule has 0 heterocycles. The Kier molecular flexibility index (Phi) is 11.0.